The SMILES string of the molecule is c1cc2c3c(c1)-c1cccc[n+]1[PH]31c3c(ccc4scc-2c34)-c2cccc[n+]21. The Balaban J connectivity index is 1.77. The maximum atomic E-state index is 2.64. The zero-order valence-electron chi connectivity index (χ0n) is 14.9. The van der Waals surface area contributed by atoms with Gasteiger partial charge in [-0.15, -0.1) is 0 Å². The van der Waals surface area contributed by atoms with Gasteiger partial charge in [-0.05, 0) is 0 Å². The maximum absolute atomic E-state index is 2.64. The van der Waals surface area contributed by atoms with E-state index in [4.69, 9.17) is 0 Å². The summed E-state index contributed by atoms with van der Waals surface area (Å²) in [6.07, 6.45) is 4.64. The molecule has 0 N–H and O–H groups in total. The first kappa shape index (κ1) is 14.2. The summed E-state index contributed by atoms with van der Waals surface area (Å²) >= 11 is 1.89. The molecular formula is C24H15N2PS+2. The van der Waals surface area contributed by atoms with Crippen LogP contribution in [0.1, 0.15) is 0 Å². The molecule has 3 aliphatic rings. The van der Waals surface area contributed by atoms with Crippen LogP contribution in [0.2, 0.25) is 0 Å². The summed E-state index contributed by atoms with van der Waals surface area (Å²) < 4.78 is 6.68. The number of hydrogen-bond donors (Lipinski definition) is 0. The summed E-state index contributed by atoms with van der Waals surface area (Å²) in [5, 5.41) is 7.02. The summed E-state index contributed by atoms with van der Waals surface area (Å²) in [5.41, 5.74) is 8.41. The van der Waals surface area contributed by atoms with E-state index in [9.17, 15) is 0 Å². The number of aromatic nitrogens is 2. The van der Waals surface area contributed by atoms with Crippen LogP contribution < -0.4 is 19.3 Å². The summed E-state index contributed by atoms with van der Waals surface area (Å²) in [6, 6.07) is 24.9. The molecule has 0 amide bonds. The quantitative estimate of drug-likeness (QED) is 0.343. The first-order valence-corrected chi connectivity index (χ1v) is 12.4. The van der Waals surface area contributed by atoms with Crippen molar-refractivity contribution in [2.75, 3.05) is 0 Å². The Bertz CT molecular complexity index is 1520. The fourth-order valence-corrected chi connectivity index (χ4v) is 12.5. The molecule has 0 bridgehead atoms. The normalized spacial score (nSPS) is 16.6. The fraction of sp³-hybridized carbons (Fsp3) is 0. The first-order chi connectivity index (χ1) is 13.9. The zero-order valence-corrected chi connectivity index (χ0v) is 16.7. The van der Waals surface area contributed by atoms with E-state index >= 15 is 0 Å². The molecule has 0 fully saturated rings. The van der Waals surface area contributed by atoms with Gasteiger partial charge in [0.05, 0.1) is 0 Å². The second-order valence-corrected chi connectivity index (χ2v) is 12.0. The minimum absolute atomic E-state index is 1.35. The van der Waals surface area contributed by atoms with Crippen molar-refractivity contribution in [3.63, 3.8) is 0 Å². The van der Waals surface area contributed by atoms with E-state index in [1.54, 1.807) is 10.6 Å². The summed E-state index contributed by atoms with van der Waals surface area (Å²) in [5.74, 6) is 0. The molecule has 4 heteroatoms. The Morgan fingerprint density at radius 3 is 2.11 bits per heavy atom. The van der Waals surface area contributed by atoms with Crippen LogP contribution in [0, 0.1) is 0 Å². The number of pyridine rings is 2. The number of benzene rings is 2. The third-order valence-corrected chi connectivity index (χ3v) is 12.3. The molecule has 0 radical (unpaired) electrons. The van der Waals surface area contributed by atoms with Crippen LogP contribution in [0.4, 0.5) is 0 Å². The third-order valence-electron chi connectivity index (χ3n) is 6.76. The Labute approximate surface area is 166 Å². The number of thiophene rings is 1. The van der Waals surface area contributed by atoms with Gasteiger partial charge < -0.3 is 0 Å². The molecule has 8 rings (SSSR count). The molecule has 0 atom stereocenters. The van der Waals surface area contributed by atoms with Crippen LogP contribution >= 0.6 is 18.9 Å². The average Bonchev–Trinajstić information content (AvgIpc) is 3.40. The Kier molecular flexibility index (Phi) is 2.23. The van der Waals surface area contributed by atoms with Crippen LogP contribution in [0.3, 0.4) is 0 Å². The van der Waals surface area contributed by atoms with Gasteiger partial charge in [0.15, 0.2) is 0 Å². The van der Waals surface area contributed by atoms with Crippen molar-refractivity contribution in [2.45, 2.75) is 0 Å². The van der Waals surface area contributed by atoms with Crippen LogP contribution in [-0.4, -0.2) is 0 Å². The minimum atomic E-state index is -2.38. The molecular weight excluding hydrogens is 379 g/mol. The second kappa shape index (κ2) is 4.41. The van der Waals surface area contributed by atoms with Crippen LogP contribution in [0.5, 0.6) is 0 Å². The van der Waals surface area contributed by atoms with Crippen molar-refractivity contribution in [1.82, 2.24) is 0 Å². The number of nitrogens with zero attached hydrogens (tertiary/aromatic N) is 2. The monoisotopic (exact) mass is 394 g/mol. The van der Waals surface area contributed by atoms with Gasteiger partial charge in [-0.3, -0.25) is 0 Å². The van der Waals surface area contributed by atoms with Gasteiger partial charge in [0.2, 0.25) is 0 Å². The van der Waals surface area contributed by atoms with Crippen LogP contribution in [0.15, 0.2) is 84.5 Å². The Morgan fingerprint density at radius 1 is 0.607 bits per heavy atom. The summed E-state index contributed by atoms with van der Waals surface area (Å²) in [6.45, 7) is 0. The van der Waals surface area contributed by atoms with Gasteiger partial charge in [-0.2, -0.15) is 0 Å². The van der Waals surface area contributed by atoms with E-state index in [1.165, 1.54) is 43.7 Å². The second-order valence-electron chi connectivity index (χ2n) is 7.82. The molecule has 130 valence electrons. The number of fused-ring (bicyclic) bond motifs is 5. The van der Waals surface area contributed by atoms with Gasteiger partial charge in [-0.25, -0.2) is 0 Å². The van der Waals surface area contributed by atoms with Crippen molar-refractivity contribution in [2.24, 2.45) is 0 Å². The van der Waals surface area contributed by atoms with Gasteiger partial charge >= 0.3 is 166 Å². The van der Waals surface area contributed by atoms with E-state index in [2.05, 4.69) is 93.2 Å². The topological polar surface area (TPSA) is 7.76 Å². The molecule has 0 saturated heterocycles. The number of rotatable bonds is 0. The average molecular weight is 394 g/mol. The van der Waals surface area contributed by atoms with E-state index in [-0.39, 0.29) is 0 Å². The van der Waals surface area contributed by atoms with E-state index in [0.717, 1.165) is 0 Å². The molecule has 6 heterocycles. The van der Waals surface area contributed by atoms with E-state index < -0.39 is 7.56 Å². The molecule has 28 heavy (non-hydrogen) atoms. The molecule has 2 nitrogen and oxygen atoms in total. The fourth-order valence-electron chi connectivity index (χ4n) is 5.88. The van der Waals surface area contributed by atoms with E-state index in [1.807, 2.05) is 11.3 Å². The third kappa shape index (κ3) is 1.25. The molecule has 2 aromatic carbocycles. The van der Waals surface area contributed by atoms with E-state index in [0.29, 0.717) is 0 Å². The molecule has 1 spiro atoms. The summed E-state index contributed by atoms with van der Waals surface area (Å²) in [4.78, 5) is 0. The predicted octanol–water partition coefficient (Wildman–Crippen LogP) is 4.04. The van der Waals surface area contributed by atoms with Gasteiger partial charge in [0.1, 0.15) is 0 Å². The van der Waals surface area contributed by atoms with Crippen molar-refractivity contribution in [3.8, 4) is 33.6 Å². The van der Waals surface area contributed by atoms with Crippen molar-refractivity contribution >= 4 is 39.6 Å². The molecule has 0 unspecified atom stereocenters. The number of hydrogen-bond acceptors (Lipinski definition) is 1. The Hall–Kier alpha value is -2.87. The standard InChI is InChI=1S/C24H15N2PS/c1-3-12-25-19(8-1)16-7-5-6-15-18-14-28-21-11-10-17-20-9-2-4-13-26(20)27(25,23(15)16)24(17)22(18)21/h1-14,27H/q+2. The molecule has 0 saturated carbocycles. The predicted molar refractivity (Wildman–Crippen MR) is 117 cm³/mol. The van der Waals surface area contributed by atoms with Crippen LogP contribution in [0.25, 0.3) is 43.7 Å². The van der Waals surface area contributed by atoms with Crippen molar-refractivity contribution in [1.29, 1.82) is 0 Å². The van der Waals surface area contributed by atoms with Crippen molar-refractivity contribution in [3.05, 3.63) is 84.5 Å². The first-order valence-electron chi connectivity index (χ1n) is 9.62. The summed E-state index contributed by atoms with van der Waals surface area (Å²) in [7, 11) is -2.38. The zero-order chi connectivity index (χ0) is 18.0. The Morgan fingerprint density at radius 2 is 1.32 bits per heavy atom. The van der Waals surface area contributed by atoms with Gasteiger partial charge in [0, 0.05) is 0 Å². The molecule has 0 aliphatic carbocycles. The van der Waals surface area contributed by atoms with Gasteiger partial charge in [0.25, 0.3) is 0 Å². The van der Waals surface area contributed by atoms with Crippen LogP contribution in [-0.2, 0) is 0 Å². The van der Waals surface area contributed by atoms with Gasteiger partial charge in [-0.1, -0.05) is 0 Å². The molecule has 5 aromatic rings. The van der Waals surface area contributed by atoms with Crippen molar-refractivity contribution < 1.29 is 8.68 Å². The molecule has 3 aliphatic heterocycles. The molecule has 3 aromatic heterocycles.